The van der Waals surface area contributed by atoms with Gasteiger partial charge in [0.2, 0.25) is 0 Å². The molecule has 3 aromatic rings. The smallest absolute Gasteiger partial charge is 0.330 e. The fourth-order valence-electron chi connectivity index (χ4n) is 4.02. The van der Waals surface area contributed by atoms with E-state index in [-0.39, 0.29) is 4.28 Å². The van der Waals surface area contributed by atoms with Crippen molar-refractivity contribution in [1.82, 2.24) is 0 Å². The van der Waals surface area contributed by atoms with E-state index in [1.54, 1.807) is 0 Å². The molecule has 5 heteroatoms. The fourth-order valence-corrected chi connectivity index (χ4v) is 15.6. The Labute approximate surface area is 186 Å². The van der Waals surface area contributed by atoms with E-state index >= 15 is 0 Å². The lowest BCUT2D eigenvalue weighted by atomic mass is 10.2. The van der Waals surface area contributed by atoms with Gasteiger partial charge in [-0.15, -0.1) is 0 Å². The van der Waals surface area contributed by atoms with E-state index in [1.165, 1.54) is 32.3 Å². The fraction of sp³-hybridized carbons (Fsp3) is 0.160. The van der Waals surface area contributed by atoms with Crippen LogP contribution in [0.5, 0.6) is 0 Å². The summed E-state index contributed by atoms with van der Waals surface area (Å²) >= 11 is 0. The predicted molar refractivity (Wildman–Crippen MR) is 138 cm³/mol. The number of rotatable bonds is 8. The molecule has 0 spiro atoms. The first-order chi connectivity index (χ1) is 14.3. The number of carboxylic acids is 1. The molecule has 3 aromatic carbocycles. The summed E-state index contributed by atoms with van der Waals surface area (Å²) in [6, 6.07) is 26.1. The molecule has 3 rings (SSSR count). The SMILES string of the molecule is C=C(C(=O)O)C([SiH2]c1ccc(C)cc1)([SiH2]c1ccc(C)cc1)[SiH2]c1ccc(C)cc1. The van der Waals surface area contributed by atoms with E-state index in [0.717, 1.165) is 0 Å². The maximum atomic E-state index is 12.2. The third-order valence-electron chi connectivity index (χ3n) is 5.89. The molecule has 0 saturated carbocycles. The Morgan fingerprint density at radius 1 is 0.667 bits per heavy atom. The number of aryl methyl sites for hydroxylation is 3. The predicted octanol–water partition coefficient (Wildman–Crippen LogP) is 1.11. The summed E-state index contributed by atoms with van der Waals surface area (Å²) in [6.45, 7) is 10.5. The van der Waals surface area contributed by atoms with Crippen molar-refractivity contribution in [3.05, 3.63) is 102 Å². The molecule has 0 radical (unpaired) electrons. The molecule has 0 aliphatic rings. The number of hydrogen-bond donors (Lipinski definition) is 1. The van der Waals surface area contributed by atoms with Gasteiger partial charge in [0.1, 0.15) is 0 Å². The Bertz CT molecular complexity index is 908. The number of carbonyl (C=O) groups is 1. The lowest BCUT2D eigenvalue weighted by Crippen LogP contribution is -2.49. The van der Waals surface area contributed by atoms with E-state index in [1.807, 2.05) is 0 Å². The summed E-state index contributed by atoms with van der Waals surface area (Å²) in [6.07, 6.45) is 0. The lowest BCUT2D eigenvalue weighted by Gasteiger charge is -2.34. The summed E-state index contributed by atoms with van der Waals surface area (Å²) in [5.41, 5.74) is 4.17. The molecular weight excluding hydrogens is 417 g/mol. The van der Waals surface area contributed by atoms with Gasteiger partial charge in [-0.1, -0.05) is 112 Å². The van der Waals surface area contributed by atoms with E-state index in [0.29, 0.717) is 5.57 Å². The average Bonchev–Trinajstić information content (AvgIpc) is 2.72. The van der Waals surface area contributed by atoms with Crippen LogP contribution in [0.25, 0.3) is 0 Å². The van der Waals surface area contributed by atoms with E-state index in [2.05, 4.69) is 100 Å². The van der Waals surface area contributed by atoms with E-state index in [9.17, 15) is 9.90 Å². The highest BCUT2D eigenvalue weighted by Gasteiger charge is 2.38. The van der Waals surface area contributed by atoms with E-state index in [4.69, 9.17) is 0 Å². The third kappa shape index (κ3) is 5.56. The van der Waals surface area contributed by atoms with Gasteiger partial charge in [-0.2, -0.15) is 0 Å². The largest absolute Gasteiger partial charge is 0.478 e. The van der Waals surface area contributed by atoms with Crippen molar-refractivity contribution in [2.45, 2.75) is 25.1 Å². The maximum Gasteiger partial charge on any atom is 0.330 e. The Morgan fingerprint density at radius 2 is 0.933 bits per heavy atom. The van der Waals surface area contributed by atoms with Crippen LogP contribution in [0.1, 0.15) is 16.7 Å². The minimum absolute atomic E-state index is 0.203. The van der Waals surface area contributed by atoms with Gasteiger partial charge >= 0.3 is 5.97 Å². The molecule has 2 nitrogen and oxygen atoms in total. The topological polar surface area (TPSA) is 37.3 Å². The molecule has 0 aliphatic heterocycles. The first-order valence-electron chi connectivity index (χ1n) is 10.4. The summed E-state index contributed by atoms with van der Waals surface area (Å²) in [4.78, 5) is 12.2. The van der Waals surface area contributed by atoms with Gasteiger partial charge in [0.05, 0.1) is 28.6 Å². The Morgan fingerprint density at radius 3 is 1.17 bits per heavy atom. The van der Waals surface area contributed by atoms with Crippen LogP contribution in [0, 0.1) is 20.8 Å². The number of benzene rings is 3. The van der Waals surface area contributed by atoms with Crippen LogP contribution < -0.4 is 15.6 Å². The Balaban J connectivity index is 2.08. The van der Waals surface area contributed by atoms with Crippen molar-refractivity contribution < 1.29 is 9.90 Å². The second kappa shape index (κ2) is 9.55. The minimum atomic E-state index is -0.874. The average molecular weight is 447 g/mol. The number of carboxylic acid groups (broad SMARTS) is 1. The first kappa shape index (κ1) is 22.2. The molecule has 0 aliphatic carbocycles. The van der Waals surface area contributed by atoms with Crippen molar-refractivity contribution in [2.75, 3.05) is 0 Å². The van der Waals surface area contributed by atoms with Crippen molar-refractivity contribution in [3.8, 4) is 0 Å². The second-order valence-electron chi connectivity index (χ2n) is 8.55. The highest BCUT2D eigenvalue weighted by molar-refractivity contribution is 6.94. The summed E-state index contributed by atoms with van der Waals surface area (Å²) in [5, 5.41) is 14.1. The first-order valence-corrected chi connectivity index (χ1v) is 14.6. The second-order valence-corrected chi connectivity index (χ2v) is 19.1. The molecule has 0 heterocycles. The van der Waals surface area contributed by atoms with Gasteiger partial charge in [0.15, 0.2) is 0 Å². The monoisotopic (exact) mass is 446 g/mol. The summed E-state index contributed by atoms with van der Waals surface area (Å²) in [7, 11) is -2.62. The van der Waals surface area contributed by atoms with Crippen molar-refractivity contribution in [2.24, 2.45) is 0 Å². The standard InChI is InChI=1S/C25H30O2Si3/c1-17-5-11-21(12-6-17)28-25(20(4)24(26)27,29-22-13-7-18(2)8-14-22)30-23-15-9-19(3)10-16-23/h5-16H,4,28-30H2,1-3H3,(H,26,27). The van der Waals surface area contributed by atoms with E-state index < -0.39 is 34.5 Å². The van der Waals surface area contributed by atoms with Crippen LogP contribution >= 0.6 is 0 Å². The minimum Gasteiger partial charge on any atom is -0.478 e. The highest BCUT2D eigenvalue weighted by atomic mass is 28.3. The van der Waals surface area contributed by atoms with Gasteiger partial charge in [0, 0.05) is 5.57 Å². The van der Waals surface area contributed by atoms with Crippen molar-refractivity contribution in [1.29, 1.82) is 0 Å². The van der Waals surface area contributed by atoms with Crippen LogP contribution in [0.4, 0.5) is 0 Å². The highest BCUT2D eigenvalue weighted by Crippen LogP contribution is 2.31. The molecule has 0 saturated heterocycles. The number of aliphatic carboxylic acids is 1. The normalized spacial score (nSPS) is 14.1. The van der Waals surface area contributed by atoms with Gasteiger partial charge in [-0.3, -0.25) is 0 Å². The van der Waals surface area contributed by atoms with Crippen LogP contribution in [0.15, 0.2) is 84.9 Å². The zero-order valence-electron chi connectivity index (χ0n) is 18.1. The molecule has 0 bridgehead atoms. The molecular formula is C25H30O2Si3. The van der Waals surface area contributed by atoms with Crippen LogP contribution in [-0.2, 0) is 4.79 Å². The molecule has 154 valence electrons. The number of hydrogen-bond acceptors (Lipinski definition) is 1. The third-order valence-corrected chi connectivity index (χ3v) is 16.3. The van der Waals surface area contributed by atoms with Crippen molar-refractivity contribution in [3.63, 3.8) is 0 Å². The molecule has 0 amide bonds. The molecule has 0 unspecified atom stereocenters. The lowest BCUT2D eigenvalue weighted by molar-refractivity contribution is -0.132. The van der Waals surface area contributed by atoms with Gasteiger partial charge < -0.3 is 5.11 Å². The zero-order chi connectivity index (χ0) is 21.7. The van der Waals surface area contributed by atoms with Gasteiger partial charge in [-0.25, -0.2) is 4.79 Å². The van der Waals surface area contributed by atoms with Crippen LogP contribution in [0.2, 0.25) is 4.28 Å². The van der Waals surface area contributed by atoms with Crippen LogP contribution in [0.3, 0.4) is 0 Å². The summed E-state index contributed by atoms with van der Waals surface area (Å²) < 4.78 is -0.203. The Hall–Kier alpha value is -2.48. The van der Waals surface area contributed by atoms with Gasteiger partial charge in [-0.05, 0) is 25.1 Å². The van der Waals surface area contributed by atoms with Crippen molar-refractivity contribution >= 4 is 50.1 Å². The molecule has 1 N–H and O–H groups in total. The Kier molecular flexibility index (Phi) is 7.07. The molecule has 30 heavy (non-hydrogen) atoms. The van der Waals surface area contributed by atoms with Crippen LogP contribution in [-0.4, -0.2) is 39.6 Å². The maximum absolute atomic E-state index is 12.2. The molecule has 0 aromatic heterocycles. The quantitative estimate of drug-likeness (QED) is 0.416. The summed E-state index contributed by atoms with van der Waals surface area (Å²) in [5.74, 6) is -0.825. The molecule has 0 fully saturated rings. The zero-order valence-corrected chi connectivity index (χ0v) is 22.4. The molecule has 0 atom stereocenters. The van der Waals surface area contributed by atoms with Gasteiger partial charge in [0.25, 0.3) is 0 Å².